The van der Waals surface area contributed by atoms with Crippen LogP contribution in [-0.4, -0.2) is 49.9 Å². The number of hydrogen-bond acceptors (Lipinski definition) is 8. The summed E-state index contributed by atoms with van der Waals surface area (Å²) in [6, 6.07) is 3.69. The topological polar surface area (TPSA) is 114 Å². The van der Waals surface area contributed by atoms with E-state index in [1.165, 1.54) is 18.3 Å². The first kappa shape index (κ1) is 18.2. The normalized spacial score (nSPS) is 14.8. The average molecular weight is 398 g/mol. The van der Waals surface area contributed by atoms with Crippen LogP contribution in [0.25, 0.3) is 11.5 Å². The van der Waals surface area contributed by atoms with Crippen molar-refractivity contribution in [2.24, 2.45) is 0 Å². The SMILES string of the molecule is CC(=O)Nc1nc(C(=O)N2CCC(c3noc(-c4cccnc4)n3)CC2)cs1. The van der Waals surface area contributed by atoms with Gasteiger partial charge in [-0.15, -0.1) is 11.3 Å². The third-order valence-corrected chi connectivity index (χ3v) is 5.26. The smallest absolute Gasteiger partial charge is 0.273 e. The van der Waals surface area contributed by atoms with E-state index in [9.17, 15) is 9.59 Å². The molecule has 144 valence electrons. The largest absolute Gasteiger partial charge is 0.337 e. The first-order valence-corrected chi connectivity index (χ1v) is 9.74. The number of likely N-dealkylation sites (tertiary alicyclic amines) is 1. The molecule has 10 heteroatoms. The number of rotatable bonds is 4. The number of anilines is 1. The van der Waals surface area contributed by atoms with Crippen LogP contribution in [-0.2, 0) is 4.79 Å². The lowest BCUT2D eigenvalue weighted by Crippen LogP contribution is -2.38. The summed E-state index contributed by atoms with van der Waals surface area (Å²) in [5.74, 6) is 0.918. The van der Waals surface area contributed by atoms with Crippen molar-refractivity contribution in [3.63, 3.8) is 0 Å². The molecule has 0 radical (unpaired) electrons. The maximum absolute atomic E-state index is 12.6. The van der Waals surface area contributed by atoms with Gasteiger partial charge in [0.25, 0.3) is 11.8 Å². The summed E-state index contributed by atoms with van der Waals surface area (Å²) >= 11 is 1.24. The lowest BCUT2D eigenvalue weighted by molar-refractivity contribution is -0.114. The van der Waals surface area contributed by atoms with E-state index in [1.807, 2.05) is 12.1 Å². The number of nitrogens with one attached hydrogen (secondary N) is 1. The molecule has 2 amide bonds. The molecule has 28 heavy (non-hydrogen) atoms. The van der Waals surface area contributed by atoms with Crippen LogP contribution in [0, 0.1) is 0 Å². The van der Waals surface area contributed by atoms with E-state index in [-0.39, 0.29) is 17.7 Å². The summed E-state index contributed by atoms with van der Waals surface area (Å²) in [6.07, 6.45) is 4.87. The fourth-order valence-corrected chi connectivity index (χ4v) is 3.82. The van der Waals surface area contributed by atoms with Crippen molar-refractivity contribution >= 4 is 28.3 Å². The Hall–Kier alpha value is -3.14. The van der Waals surface area contributed by atoms with Crippen LogP contribution < -0.4 is 5.32 Å². The highest BCUT2D eigenvalue weighted by Gasteiger charge is 2.28. The molecule has 1 N–H and O–H groups in total. The van der Waals surface area contributed by atoms with Crippen LogP contribution in [0.5, 0.6) is 0 Å². The molecular weight excluding hydrogens is 380 g/mol. The highest BCUT2D eigenvalue weighted by molar-refractivity contribution is 7.14. The summed E-state index contributed by atoms with van der Waals surface area (Å²) < 4.78 is 5.36. The van der Waals surface area contributed by atoms with Crippen LogP contribution in [0.1, 0.15) is 42.0 Å². The lowest BCUT2D eigenvalue weighted by atomic mass is 9.96. The van der Waals surface area contributed by atoms with Crippen molar-refractivity contribution in [1.29, 1.82) is 0 Å². The Morgan fingerprint density at radius 1 is 1.29 bits per heavy atom. The van der Waals surface area contributed by atoms with Gasteiger partial charge in [0, 0.05) is 43.7 Å². The van der Waals surface area contributed by atoms with E-state index in [1.54, 1.807) is 22.7 Å². The molecule has 0 bridgehead atoms. The fraction of sp³-hybridized carbons (Fsp3) is 0.333. The van der Waals surface area contributed by atoms with Crippen LogP contribution in [0.15, 0.2) is 34.4 Å². The molecular formula is C18H18N6O3S. The predicted molar refractivity (Wildman–Crippen MR) is 102 cm³/mol. The number of aromatic nitrogens is 4. The van der Waals surface area contributed by atoms with E-state index in [4.69, 9.17) is 4.52 Å². The number of carbonyl (C=O) groups is 2. The van der Waals surface area contributed by atoms with Crippen molar-refractivity contribution in [2.45, 2.75) is 25.7 Å². The van der Waals surface area contributed by atoms with Gasteiger partial charge in [-0.1, -0.05) is 5.16 Å². The number of thiazole rings is 1. The average Bonchev–Trinajstić information content (AvgIpc) is 3.38. The number of piperidine rings is 1. The third kappa shape index (κ3) is 3.91. The van der Waals surface area contributed by atoms with Crippen molar-refractivity contribution in [3.8, 4) is 11.5 Å². The van der Waals surface area contributed by atoms with Gasteiger partial charge < -0.3 is 14.7 Å². The Morgan fingerprint density at radius 3 is 2.82 bits per heavy atom. The minimum absolute atomic E-state index is 0.129. The maximum Gasteiger partial charge on any atom is 0.273 e. The van der Waals surface area contributed by atoms with Crippen LogP contribution in [0.4, 0.5) is 5.13 Å². The Bertz CT molecular complexity index is 978. The van der Waals surface area contributed by atoms with Gasteiger partial charge in [0.2, 0.25) is 5.91 Å². The van der Waals surface area contributed by atoms with Gasteiger partial charge in [0.1, 0.15) is 5.69 Å². The highest BCUT2D eigenvalue weighted by Crippen LogP contribution is 2.29. The number of pyridine rings is 1. The molecule has 4 heterocycles. The zero-order chi connectivity index (χ0) is 19.5. The third-order valence-electron chi connectivity index (χ3n) is 4.50. The minimum atomic E-state index is -0.208. The summed E-state index contributed by atoms with van der Waals surface area (Å²) in [6.45, 7) is 2.59. The zero-order valence-electron chi connectivity index (χ0n) is 15.2. The standard InChI is InChI=1S/C18H18N6O3S/c1-11(25)20-18-21-14(10-28-18)17(26)24-7-4-12(5-8-24)15-22-16(27-23-15)13-3-2-6-19-9-13/h2-3,6,9-10,12H,4-5,7-8H2,1H3,(H,20,21,25). The molecule has 0 atom stereocenters. The molecule has 1 saturated heterocycles. The maximum atomic E-state index is 12.6. The van der Waals surface area contributed by atoms with Crippen molar-refractivity contribution in [2.75, 3.05) is 18.4 Å². The van der Waals surface area contributed by atoms with Gasteiger partial charge in [-0.25, -0.2) is 4.98 Å². The number of nitrogens with zero attached hydrogens (tertiary/aromatic N) is 5. The molecule has 0 unspecified atom stereocenters. The number of amides is 2. The molecule has 1 aliphatic heterocycles. The lowest BCUT2D eigenvalue weighted by Gasteiger charge is -2.30. The summed E-state index contributed by atoms with van der Waals surface area (Å²) in [7, 11) is 0. The van der Waals surface area contributed by atoms with E-state index < -0.39 is 0 Å². The van der Waals surface area contributed by atoms with Crippen LogP contribution in [0.2, 0.25) is 0 Å². The van der Waals surface area contributed by atoms with Crippen LogP contribution in [0.3, 0.4) is 0 Å². The molecule has 1 fully saturated rings. The molecule has 1 aliphatic rings. The second kappa shape index (κ2) is 7.85. The van der Waals surface area contributed by atoms with Gasteiger partial charge in [0.15, 0.2) is 11.0 Å². The number of hydrogen-bond donors (Lipinski definition) is 1. The highest BCUT2D eigenvalue weighted by atomic mass is 32.1. The molecule has 0 spiro atoms. The quantitative estimate of drug-likeness (QED) is 0.718. The van der Waals surface area contributed by atoms with Crippen LogP contribution >= 0.6 is 11.3 Å². The fourth-order valence-electron chi connectivity index (χ4n) is 3.09. The molecule has 4 rings (SSSR count). The van der Waals surface area contributed by atoms with Crippen molar-refractivity contribution in [1.82, 2.24) is 25.0 Å². The van der Waals surface area contributed by atoms with E-state index in [0.29, 0.717) is 35.6 Å². The second-order valence-corrected chi connectivity index (χ2v) is 7.34. The molecule has 3 aromatic heterocycles. The van der Waals surface area contributed by atoms with Crippen molar-refractivity contribution in [3.05, 3.63) is 41.4 Å². The van der Waals surface area contributed by atoms with E-state index >= 15 is 0 Å². The van der Waals surface area contributed by atoms with Gasteiger partial charge in [-0.2, -0.15) is 4.98 Å². The molecule has 0 aromatic carbocycles. The Labute approximate surface area is 164 Å². The van der Waals surface area contributed by atoms with E-state index in [2.05, 4.69) is 25.4 Å². The number of carbonyl (C=O) groups excluding carboxylic acids is 2. The molecule has 0 aliphatic carbocycles. The summed E-state index contributed by atoms with van der Waals surface area (Å²) in [5, 5.41) is 8.80. The predicted octanol–water partition coefficient (Wildman–Crippen LogP) is 2.57. The molecule has 3 aromatic rings. The first-order chi connectivity index (χ1) is 13.6. The summed E-state index contributed by atoms with van der Waals surface area (Å²) in [4.78, 5) is 38.2. The molecule has 0 saturated carbocycles. The second-order valence-electron chi connectivity index (χ2n) is 6.48. The Morgan fingerprint density at radius 2 is 2.11 bits per heavy atom. The van der Waals surface area contributed by atoms with Gasteiger partial charge in [-0.05, 0) is 25.0 Å². The Balaban J connectivity index is 1.37. The van der Waals surface area contributed by atoms with Gasteiger partial charge >= 0.3 is 0 Å². The van der Waals surface area contributed by atoms with E-state index in [0.717, 1.165) is 18.4 Å². The molecule has 9 nitrogen and oxygen atoms in total. The van der Waals surface area contributed by atoms with Gasteiger partial charge in [0.05, 0.1) is 5.56 Å². The summed E-state index contributed by atoms with van der Waals surface area (Å²) in [5.41, 5.74) is 1.14. The zero-order valence-corrected chi connectivity index (χ0v) is 16.0. The monoisotopic (exact) mass is 398 g/mol. The van der Waals surface area contributed by atoms with Gasteiger partial charge in [-0.3, -0.25) is 14.6 Å². The Kier molecular flexibility index (Phi) is 5.11. The minimum Gasteiger partial charge on any atom is -0.337 e. The van der Waals surface area contributed by atoms with Crippen molar-refractivity contribution < 1.29 is 14.1 Å². The first-order valence-electron chi connectivity index (χ1n) is 8.86.